The SMILES string of the molecule is Cc1c(C(=O)O[C@@H](C)c2nc3ccccc3c(=O)[nH]2)oc2ccc(Cl)cc12. The number of hydrogen-bond acceptors (Lipinski definition) is 5. The van der Waals surface area contributed by atoms with E-state index in [-0.39, 0.29) is 17.1 Å². The molecule has 0 fully saturated rings. The minimum atomic E-state index is -0.758. The molecule has 1 N–H and O–H groups in total. The van der Waals surface area contributed by atoms with Gasteiger partial charge in [0.25, 0.3) is 5.56 Å². The number of halogens is 1. The highest BCUT2D eigenvalue weighted by Gasteiger charge is 2.23. The lowest BCUT2D eigenvalue weighted by atomic mass is 10.1. The summed E-state index contributed by atoms with van der Waals surface area (Å²) in [5.74, 6) is -0.269. The summed E-state index contributed by atoms with van der Waals surface area (Å²) >= 11 is 6.01. The first-order valence-corrected chi connectivity index (χ1v) is 8.70. The lowest BCUT2D eigenvalue weighted by molar-refractivity contribution is 0.0285. The summed E-state index contributed by atoms with van der Waals surface area (Å²) in [5, 5.41) is 1.78. The van der Waals surface area contributed by atoms with Gasteiger partial charge < -0.3 is 14.1 Å². The van der Waals surface area contributed by atoms with Crippen molar-refractivity contribution in [1.29, 1.82) is 0 Å². The number of carbonyl (C=O) groups excluding carboxylic acids is 1. The minimum Gasteiger partial charge on any atom is -0.449 e. The molecule has 0 aliphatic rings. The number of aromatic nitrogens is 2. The van der Waals surface area contributed by atoms with E-state index >= 15 is 0 Å². The molecule has 0 aliphatic heterocycles. The van der Waals surface area contributed by atoms with Crippen LogP contribution < -0.4 is 5.56 Å². The summed E-state index contributed by atoms with van der Waals surface area (Å²) < 4.78 is 11.1. The van der Waals surface area contributed by atoms with E-state index in [1.807, 2.05) is 0 Å². The first-order chi connectivity index (χ1) is 12.9. The van der Waals surface area contributed by atoms with Crippen molar-refractivity contribution in [2.24, 2.45) is 0 Å². The van der Waals surface area contributed by atoms with Crippen LogP contribution in [0.5, 0.6) is 0 Å². The number of hydrogen-bond donors (Lipinski definition) is 1. The average Bonchev–Trinajstić information content (AvgIpc) is 2.98. The number of aryl methyl sites for hydroxylation is 1. The fraction of sp³-hybridized carbons (Fsp3) is 0.150. The van der Waals surface area contributed by atoms with E-state index < -0.39 is 12.1 Å². The summed E-state index contributed by atoms with van der Waals surface area (Å²) in [5.41, 5.74) is 1.44. The van der Waals surface area contributed by atoms with Gasteiger partial charge in [-0.1, -0.05) is 23.7 Å². The van der Waals surface area contributed by atoms with E-state index in [0.29, 0.717) is 27.1 Å². The maximum absolute atomic E-state index is 12.6. The second-order valence-corrected chi connectivity index (χ2v) is 6.65. The van der Waals surface area contributed by atoms with Crippen molar-refractivity contribution in [3.05, 3.63) is 75.0 Å². The maximum Gasteiger partial charge on any atom is 0.375 e. The van der Waals surface area contributed by atoms with E-state index in [4.69, 9.17) is 20.8 Å². The van der Waals surface area contributed by atoms with Crippen molar-refractivity contribution in [1.82, 2.24) is 9.97 Å². The van der Waals surface area contributed by atoms with E-state index in [2.05, 4.69) is 9.97 Å². The van der Waals surface area contributed by atoms with Crippen LogP contribution in [0.4, 0.5) is 0 Å². The smallest absolute Gasteiger partial charge is 0.375 e. The quantitative estimate of drug-likeness (QED) is 0.525. The monoisotopic (exact) mass is 382 g/mol. The Balaban J connectivity index is 1.65. The fourth-order valence-electron chi connectivity index (χ4n) is 2.95. The number of ether oxygens (including phenoxy) is 1. The van der Waals surface area contributed by atoms with Crippen LogP contribution in [0.1, 0.15) is 35.0 Å². The number of para-hydroxylation sites is 1. The molecule has 0 aliphatic carbocycles. The summed E-state index contributed by atoms with van der Waals surface area (Å²) in [6.07, 6.45) is -0.758. The lowest BCUT2D eigenvalue weighted by Crippen LogP contribution is -2.17. The highest BCUT2D eigenvalue weighted by Crippen LogP contribution is 2.29. The molecular formula is C20H15ClN2O4. The van der Waals surface area contributed by atoms with Crippen molar-refractivity contribution in [2.45, 2.75) is 20.0 Å². The summed E-state index contributed by atoms with van der Waals surface area (Å²) in [7, 11) is 0. The topological polar surface area (TPSA) is 85.2 Å². The number of aromatic amines is 1. The van der Waals surface area contributed by atoms with E-state index in [1.165, 1.54) is 0 Å². The third kappa shape index (κ3) is 3.08. The Morgan fingerprint density at radius 3 is 2.81 bits per heavy atom. The summed E-state index contributed by atoms with van der Waals surface area (Å²) in [6.45, 7) is 3.40. The van der Waals surface area contributed by atoms with Crippen LogP contribution in [0.3, 0.4) is 0 Å². The molecule has 0 spiro atoms. The molecule has 6 nitrogen and oxygen atoms in total. The Hall–Kier alpha value is -3.12. The molecule has 2 aromatic carbocycles. The van der Waals surface area contributed by atoms with Crippen LogP contribution in [-0.4, -0.2) is 15.9 Å². The molecule has 0 saturated heterocycles. The molecule has 27 heavy (non-hydrogen) atoms. The number of fused-ring (bicyclic) bond motifs is 2. The van der Waals surface area contributed by atoms with Crippen molar-refractivity contribution in [3.8, 4) is 0 Å². The number of nitrogens with one attached hydrogen (secondary N) is 1. The van der Waals surface area contributed by atoms with Crippen molar-refractivity contribution < 1.29 is 13.9 Å². The molecule has 0 saturated carbocycles. The molecule has 2 heterocycles. The highest BCUT2D eigenvalue weighted by molar-refractivity contribution is 6.31. The standard InChI is InChI=1S/C20H15ClN2O4/c1-10-14-9-12(21)7-8-16(14)27-17(10)20(25)26-11(2)18-22-15-6-4-3-5-13(15)19(24)23-18/h3-9,11H,1-2H3,(H,22,23,24)/t11-/m0/s1. The molecule has 7 heteroatoms. The number of carbonyl (C=O) groups is 1. The van der Waals surface area contributed by atoms with Gasteiger partial charge in [-0.2, -0.15) is 0 Å². The number of esters is 1. The molecule has 1 atom stereocenters. The van der Waals surface area contributed by atoms with Crippen molar-refractivity contribution in [2.75, 3.05) is 0 Å². The third-order valence-electron chi connectivity index (χ3n) is 4.38. The predicted molar refractivity (Wildman–Crippen MR) is 102 cm³/mol. The van der Waals surface area contributed by atoms with Gasteiger partial charge in [-0.05, 0) is 44.2 Å². The van der Waals surface area contributed by atoms with Gasteiger partial charge in [-0.3, -0.25) is 4.79 Å². The van der Waals surface area contributed by atoms with Crippen LogP contribution in [0.2, 0.25) is 5.02 Å². The van der Waals surface area contributed by atoms with Gasteiger partial charge in [0, 0.05) is 16.0 Å². The Morgan fingerprint density at radius 2 is 2.00 bits per heavy atom. The van der Waals surface area contributed by atoms with Gasteiger partial charge in [-0.25, -0.2) is 9.78 Å². The normalized spacial score (nSPS) is 12.4. The molecular weight excluding hydrogens is 368 g/mol. The predicted octanol–water partition coefficient (Wildman–Crippen LogP) is 4.55. The van der Waals surface area contributed by atoms with Gasteiger partial charge in [0.1, 0.15) is 5.58 Å². The summed E-state index contributed by atoms with van der Waals surface area (Å²) in [4.78, 5) is 31.8. The van der Waals surface area contributed by atoms with Gasteiger partial charge in [-0.15, -0.1) is 0 Å². The van der Waals surface area contributed by atoms with Gasteiger partial charge in [0.05, 0.1) is 10.9 Å². The van der Waals surface area contributed by atoms with E-state index in [0.717, 1.165) is 5.39 Å². The second-order valence-electron chi connectivity index (χ2n) is 6.21. The first-order valence-electron chi connectivity index (χ1n) is 8.32. The first kappa shape index (κ1) is 17.3. The molecule has 0 amide bonds. The minimum absolute atomic E-state index is 0.0993. The van der Waals surface area contributed by atoms with E-state index in [1.54, 1.807) is 56.3 Å². The molecule has 0 bridgehead atoms. The van der Waals surface area contributed by atoms with Crippen LogP contribution in [0.15, 0.2) is 51.7 Å². The van der Waals surface area contributed by atoms with Crippen LogP contribution in [-0.2, 0) is 4.74 Å². The Kier molecular flexibility index (Phi) is 4.20. The number of rotatable bonds is 3. The second kappa shape index (κ2) is 6.55. The molecule has 2 aromatic heterocycles. The number of benzene rings is 2. The van der Waals surface area contributed by atoms with Gasteiger partial charge in [0.2, 0.25) is 5.76 Å². The summed E-state index contributed by atoms with van der Waals surface area (Å²) in [6, 6.07) is 12.1. The third-order valence-corrected chi connectivity index (χ3v) is 4.62. The van der Waals surface area contributed by atoms with Gasteiger partial charge in [0.15, 0.2) is 11.9 Å². The van der Waals surface area contributed by atoms with Crippen molar-refractivity contribution in [3.63, 3.8) is 0 Å². The lowest BCUT2D eigenvalue weighted by Gasteiger charge is -2.12. The number of H-pyrrole nitrogens is 1. The largest absolute Gasteiger partial charge is 0.449 e. The van der Waals surface area contributed by atoms with Crippen LogP contribution in [0, 0.1) is 6.92 Å². The zero-order chi connectivity index (χ0) is 19.1. The van der Waals surface area contributed by atoms with Crippen LogP contribution in [0.25, 0.3) is 21.9 Å². The van der Waals surface area contributed by atoms with Gasteiger partial charge >= 0.3 is 5.97 Å². The zero-order valence-electron chi connectivity index (χ0n) is 14.6. The average molecular weight is 383 g/mol. The Morgan fingerprint density at radius 1 is 1.22 bits per heavy atom. The molecule has 0 unspecified atom stereocenters. The molecule has 0 radical (unpaired) electrons. The number of furan rings is 1. The van der Waals surface area contributed by atoms with E-state index in [9.17, 15) is 9.59 Å². The van der Waals surface area contributed by atoms with Crippen molar-refractivity contribution >= 4 is 39.4 Å². The zero-order valence-corrected chi connectivity index (χ0v) is 15.3. The van der Waals surface area contributed by atoms with Crippen LogP contribution >= 0.6 is 11.6 Å². The fourth-order valence-corrected chi connectivity index (χ4v) is 3.13. The molecule has 4 aromatic rings. The Bertz CT molecular complexity index is 1240. The Labute approximate surface area is 158 Å². The highest BCUT2D eigenvalue weighted by atomic mass is 35.5. The maximum atomic E-state index is 12.6. The number of nitrogens with zero attached hydrogens (tertiary/aromatic N) is 1. The molecule has 4 rings (SSSR count). The molecule has 136 valence electrons.